The van der Waals surface area contributed by atoms with Gasteiger partial charge in [0.15, 0.2) is 15.8 Å². The van der Waals surface area contributed by atoms with Gasteiger partial charge in [0.05, 0.1) is 17.7 Å². The molecule has 1 aliphatic rings. The van der Waals surface area contributed by atoms with Crippen LogP contribution in [0.5, 0.6) is 11.5 Å². The number of hydrogen-bond acceptors (Lipinski definition) is 5. The third kappa shape index (κ3) is 3.27. The lowest BCUT2D eigenvalue weighted by Gasteiger charge is -2.19. The van der Waals surface area contributed by atoms with Crippen LogP contribution in [0.15, 0.2) is 41.3 Å². The first-order valence-electron chi connectivity index (χ1n) is 7.63. The zero-order chi connectivity index (χ0) is 18.1. The third-order valence-electron chi connectivity index (χ3n) is 3.96. The van der Waals surface area contributed by atoms with E-state index in [2.05, 4.69) is 0 Å². The molecule has 2 aromatic rings. The van der Waals surface area contributed by atoms with Crippen LogP contribution in [0, 0.1) is 13.8 Å². The summed E-state index contributed by atoms with van der Waals surface area (Å²) >= 11 is 6.72. The Morgan fingerprint density at radius 3 is 2.52 bits per heavy atom. The second-order valence-corrected chi connectivity index (χ2v) is 7.36. The first-order valence-corrected chi connectivity index (χ1v) is 8.86. The van der Waals surface area contributed by atoms with E-state index in [1.807, 2.05) is 32.0 Å². The first-order chi connectivity index (χ1) is 11.9. The predicted octanol–water partition coefficient (Wildman–Crippen LogP) is 4.42. The second-order valence-electron chi connectivity index (χ2n) is 5.69. The van der Waals surface area contributed by atoms with Crippen LogP contribution < -0.4 is 9.64 Å². The summed E-state index contributed by atoms with van der Waals surface area (Å²) in [6.07, 6.45) is 1.76. The van der Waals surface area contributed by atoms with Crippen LogP contribution in [0.2, 0.25) is 0 Å². The average Bonchev–Trinajstić information content (AvgIpc) is 2.84. The van der Waals surface area contributed by atoms with Crippen LogP contribution >= 0.6 is 24.0 Å². The van der Waals surface area contributed by atoms with Crippen molar-refractivity contribution in [3.8, 4) is 11.5 Å². The molecule has 0 aliphatic carbocycles. The van der Waals surface area contributed by atoms with E-state index in [1.165, 1.54) is 24.9 Å². The summed E-state index contributed by atoms with van der Waals surface area (Å²) in [7, 11) is 1.49. The maximum absolute atomic E-state index is 12.9. The number of carbonyl (C=O) groups is 1. The number of methoxy groups -OCH3 is 1. The number of carbonyl (C=O) groups excluding carboxylic acids is 1. The van der Waals surface area contributed by atoms with Crippen molar-refractivity contribution >= 4 is 46.0 Å². The number of amides is 1. The standard InChI is InChI=1S/C19H17NO3S2/c1-11-5-4-6-12(2)17(11)20-18(22)16(25-19(20)24)10-13-7-8-14(21)15(9-13)23-3/h4-10,21H,1-3H3/b16-10-. The Morgan fingerprint density at radius 2 is 1.88 bits per heavy atom. The number of phenolic OH excluding ortho intramolecular Hbond substituents is 1. The SMILES string of the molecule is COc1cc(/C=C2\SC(=S)N(c3c(C)cccc3C)C2=O)ccc1O. The summed E-state index contributed by atoms with van der Waals surface area (Å²) in [5.41, 5.74) is 3.61. The lowest BCUT2D eigenvalue weighted by Crippen LogP contribution is -2.29. The van der Waals surface area contributed by atoms with Gasteiger partial charge in [-0.2, -0.15) is 0 Å². The quantitative estimate of drug-likeness (QED) is 0.639. The van der Waals surface area contributed by atoms with Gasteiger partial charge in [-0.1, -0.05) is 48.2 Å². The third-order valence-corrected chi connectivity index (χ3v) is 5.26. The Morgan fingerprint density at radius 1 is 1.20 bits per heavy atom. The van der Waals surface area contributed by atoms with Crippen LogP contribution in [0.1, 0.15) is 16.7 Å². The molecule has 0 bridgehead atoms. The van der Waals surface area contributed by atoms with Gasteiger partial charge in [0, 0.05) is 0 Å². The summed E-state index contributed by atoms with van der Waals surface area (Å²) in [6, 6.07) is 10.8. The maximum Gasteiger partial charge on any atom is 0.270 e. The van der Waals surface area contributed by atoms with Gasteiger partial charge in [0.1, 0.15) is 0 Å². The number of phenols is 1. The van der Waals surface area contributed by atoms with Gasteiger partial charge < -0.3 is 9.84 Å². The van der Waals surface area contributed by atoms with Gasteiger partial charge in [0.2, 0.25) is 0 Å². The number of para-hydroxylation sites is 1. The number of anilines is 1. The van der Waals surface area contributed by atoms with Crippen LogP contribution in [-0.2, 0) is 4.79 Å². The summed E-state index contributed by atoms with van der Waals surface area (Å²) in [6.45, 7) is 3.94. The summed E-state index contributed by atoms with van der Waals surface area (Å²) in [4.78, 5) is 15.0. The maximum atomic E-state index is 12.9. The lowest BCUT2D eigenvalue weighted by molar-refractivity contribution is -0.113. The zero-order valence-electron chi connectivity index (χ0n) is 14.1. The normalized spacial score (nSPS) is 16.0. The molecule has 3 rings (SSSR count). The Bertz CT molecular complexity index is 885. The Hall–Kier alpha value is -2.31. The van der Waals surface area contributed by atoms with Crippen molar-refractivity contribution < 1.29 is 14.6 Å². The number of aryl methyl sites for hydroxylation is 2. The minimum atomic E-state index is -0.139. The minimum Gasteiger partial charge on any atom is -0.504 e. The number of hydrogen-bond donors (Lipinski definition) is 1. The number of thioether (sulfide) groups is 1. The Balaban J connectivity index is 1.99. The average molecular weight is 371 g/mol. The van der Waals surface area contributed by atoms with E-state index in [4.69, 9.17) is 17.0 Å². The van der Waals surface area contributed by atoms with Crippen molar-refractivity contribution in [2.75, 3.05) is 12.0 Å². The van der Waals surface area contributed by atoms with E-state index < -0.39 is 0 Å². The topological polar surface area (TPSA) is 49.8 Å². The molecule has 4 nitrogen and oxygen atoms in total. The monoisotopic (exact) mass is 371 g/mol. The molecular formula is C19H17NO3S2. The van der Waals surface area contributed by atoms with Crippen molar-refractivity contribution in [1.82, 2.24) is 0 Å². The molecular weight excluding hydrogens is 354 g/mol. The Labute approximate surface area is 156 Å². The smallest absolute Gasteiger partial charge is 0.270 e. The minimum absolute atomic E-state index is 0.0581. The molecule has 0 radical (unpaired) electrons. The first kappa shape index (κ1) is 17.5. The van der Waals surface area contributed by atoms with Gasteiger partial charge in [-0.15, -0.1) is 0 Å². The molecule has 1 heterocycles. The van der Waals surface area contributed by atoms with Crippen molar-refractivity contribution in [2.45, 2.75) is 13.8 Å². The molecule has 0 aromatic heterocycles. The molecule has 1 aliphatic heterocycles. The summed E-state index contributed by atoms with van der Waals surface area (Å²) in [5.74, 6) is 0.279. The number of nitrogens with zero attached hydrogens (tertiary/aromatic N) is 1. The summed E-state index contributed by atoms with van der Waals surface area (Å²) < 4.78 is 5.63. The molecule has 1 N–H and O–H groups in total. The molecule has 1 fully saturated rings. The molecule has 0 spiro atoms. The van der Waals surface area contributed by atoms with Crippen LogP contribution in [0.3, 0.4) is 0 Å². The molecule has 0 atom stereocenters. The van der Waals surface area contributed by atoms with E-state index in [9.17, 15) is 9.90 Å². The highest BCUT2D eigenvalue weighted by Crippen LogP contribution is 2.39. The molecule has 128 valence electrons. The Kier molecular flexibility index (Phi) is 4.83. The largest absolute Gasteiger partial charge is 0.504 e. The fourth-order valence-corrected chi connectivity index (χ4v) is 4.02. The van der Waals surface area contributed by atoms with Crippen molar-refractivity contribution in [3.05, 3.63) is 58.0 Å². The lowest BCUT2D eigenvalue weighted by atomic mass is 10.1. The van der Waals surface area contributed by atoms with Crippen LogP contribution in [0.25, 0.3) is 6.08 Å². The molecule has 0 unspecified atom stereocenters. The van der Waals surface area contributed by atoms with Gasteiger partial charge in [-0.3, -0.25) is 9.69 Å². The zero-order valence-corrected chi connectivity index (χ0v) is 15.7. The van der Waals surface area contributed by atoms with Gasteiger partial charge in [-0.05, 0) is 48.7 Å². The molecule has 6 heteroatoms. The fraction of sp³-hybridized carbons (Fsp3) is 0.158. The van der Waals surface area contributed by atoms with E-state index in [0.717, 1.165) is 22.4 Å². The molecule has 1 saturated heterocycles. The van der Waals surface area contributed by atoms with E-state index in [-0.39, 0.29) is 11.7 Å². The highest BCUT2D eigenvalue weighted by molar-refractivity contribution is 8.27. The predicted molar refractivity (Wildman–Crippen MR) is 106 cm³/mol. The number of ether oxygens (including phenoxy) is 1. The summed E-state index contributed by atoms with van der Waals surface area (Å²) in [5, 5.41) is 9.69. The number of rotatable bonds is 3. The van der Waals surface area contributed by atoms with Gasteiger partial charge in [0.25, 0.3) is 5.91 Å². The fourth-order valence-electron chi connectivity index (χ4n) is 2.75. The van der Waals surface area contributed by atoms with Crippen molar-refractivity contribution in [1.29, 1.82) is 0 Å². The van der Waals surface area contributed by atoms with Gasteiger partial charge >= 0.3 is 0 Å². The van der Waals surface area contributed by atoms with E-state index in [1.54, 1.807) is 23.1 Å². The highest BCUT2D eigenvalue weighted by atomic mass is 32.2. The number of benzene rings is 2. The van der Waals surface area contributed by atoms with Gasteiger partial charge in [-0.25, -0.2) is 0 Å². The van der Waals surface area contributed by atoms with Crippen molar-refractivity contribution in [2.24, 2.45) is 0 Å². The van der Waals surface area contributed by atoms with Crippen LogP contribution in [-0.4, -0.2) is 22.4 Å². The molecule has 25 heavy (non-hydrogen) atoms. The van der Waals surface area contributed by atoms with E-state index >= 15 is 0 Å². The van der Waals surface area contributed by atoms with Crippen molar-refractivity contribution in [3.63, 3.8) is 0 Å². The van der Waals surface area contributed by atoms with E-state index in [0.29, 0.717) is 15.0 Å². The highest BCUT2D eigenvalue weighted by Gasteiger charge is 2.34. The molecule has 2 aromatic carbocycles. The second kappa shape index (κ2) is 6.90. The van der Waals surface area contributed by atoms with Crippen LogP contribution in [0.4, 0.5) is 5.69 Å². The molecule has 1 amide bonds. The number of aromatic hydroxyl groups is 1. The number of thiocarbonyl (C=S) groups is 1. The molecule has 0 saturated carbocycles.